The van der Waals surface area contributed by atoms with Crippen LogP contribution < -0.4 is 11.1 Å². The quantitative estimate of drug-likeness (QED) is 0.854. The molecule has 0 spiro atoms. The molecule has 0 atom stereocenters. The summed E-state index contributed by atoms with van der Waals surface area (Å²) >= 11 is 0. The van der Waals surface area contributed by atoms with Gasteiger partial charge in [0.05, 0.1) is 30.2 Å². The van der Waals surface area contributed by atoms with Crippen LogP contribution in [0, 0.1) is 0 Å². The van der Waals surface area contributed by atoms with Crippen molar-refractivity contribution < 1.29 is 9.53 Å². The van der Waals surface area contributed by atoms with Crippen molar-refractivity contribution in [1.82, 2.24) is 4.90 Å². The molecular formula is C17H19N3O2. The summed E-state index contributed by atoms with van der Waals surface area (Å²) in [6, 6.07) is 15.1. The van der Waals surface area contributed by atoms with Gasteiger partial charge in [0.1, 0.15) is 0 Å². The molecule has 0 radical (unpaired) electrons. The van der Waals surface area contributed by atoms with Crippen LogP contribution in [0.1, 0.15) is 10.4 Å². The summed E-state index contributed by atoms with van der Waals surface area (Å²) in [7, 11) is 0. The predicted octanol–water partition coefficient (Wildman–Crippen LogP) is 2.48. The summed E-state index contributed by atoms with van der Waals surface area (Å²) in [6.45, 7) is 2.38. The van der Waals surface area contributed by atoms with Crippen molar-refractivity contribution in [3.05, 3.63) is 54.1 Å². The molecule has 1 heterocycles. The molecule has 1 aliphatic rings. The van der Waals surface area contributed by atoms with Crippen molar-refractivity contribution in [1.29, 1.82) is 0 Å². The molecule has 0 aromatic heterocycles. The van der Waals surface area contributed by atoms with E-state index in [0.717, 1.165) is 5.69 Å². The van der Waals surface area contributed by atoms with E-state index >= 15 is 0 Å². The van der Waals surface area contributed by atoms with Crippen LogP contribution >= 0.6 is 0 Å². The zero-order chi connectivity index (χ0) is 15.4. The molecule has 3 N–H and O–H groups in total. The second kappa shape index (κ2) is 6.49. The number of para-hydroxylation sites is 2. The third-order valence-corrected chi connectivity index (χ3v) is 3.67. The van der Waals surface area contributed by atoms with Crippen LogP contribution in [0.5, 0.6) is 0 Å². The topological polar surface area (TPSA) is 67.6 Å². The Bertz CT molecular complexity index is 652. The minimum absolute atomic E-state index is 0.0194. The molecule has 0 aliphatic carbocycles. The highest BCUT2D eigenvalue weighted by Gasteiger charge is 2.22. The van der Waals surface area contributed by atoms with Crippen LogP contribution in [-0.4, -0.2) is 37.1 Å². The summed E-state index contributed by atoms with van der Waals surface area (Å²) in [6.07, 6.45) is 0. The average molecular weight is 297 g/mol. The minimum Gasteiger partial charge on any atom is -0.397 e. The summed E-state index contributed by atoms with van der Waals surface area (Å²) < 4.78 is 5.30. The molecule has 1 fully saturated rings. The first-order chi connectivity index (χ1) is 10.8. The van der Waals surface area contributed by atoms with Gasteiger partial charge in [0.2, 0.25) is 0 Å². The molecular weight excluding hydrogens is 278 g/mol. The molecule has 2 aromatic carbocycles. The Hall–Kier alpha value is -2.53. The third-order valence-electron chi connectivity index (χ3n) is 3.67. The number of hydrogen-bond acceptors (Lipinski definition) is 4. The molecule has 1 amide bonds. The SMILES string of the molecule is Nc1cccc(C(=O)N2CCOCC2)c1Nc1ccccc1. The summed E-state index contributed by atoms with van der Waals surface area (Å²) in [5.74, 6) is -0.0194. The third kappa shape index (κ3) is 3.04. The van der Waals surface area contributed by atoms with Gasteiger partial charge in [-0.2, -0.15) is 0 Å². The zero-order valence-corrected chi connectivity index (χ0v) is 12.3. The Morgan fingerprint density at radius 1 is 1.05 bits per heavy atom. The van der Waals surface area contributed by atoms with E-state index in [1.54, 1.807) is 23.1 Å². The number of anilines is 3. The lowest BCUT2D eigenvalue weighted by Crippen LogP contribution is -2.40. The van der Waals surface area contributed by atoms with Gasteiger partial charge in [0, 0.05) is 18.8 Å². The Kier molecular flexibility index (Phi) is 4.25. The number of amides is 1. The second-order valence-corrected chi connectivity index (χ2v) is 5.17. The highest BCUT2D eigenvalue weighted by molar-refractivity contribution is 6.03. The lowest BCUT2D eigenvalue weighted by Gasteiger charge is -2.28. The van der Waals surface area contributed by atoms with Gasteiger partial charge in [0.25, 0.3) is 5.91 Å². The molecule has 0 saturated carbocycles. The number of nitrogens with one attached hydrogen (secondary N) is 1. The molecule has 5 heteroatoms. The molecule has 3 rings (SSSR count). The Labute approximate surface area is 129 Å². The van der Waals surface area contributed by atoms with E-state index in [-0.39, 0.29) is 5.91 Å². The lowest BCUT2D eigenvalue weighted by molar-refractivity contribution is 0.0303. The van der Waals surface area contributed by atoms with Crippen LogP contribution in [-0.2, 0) is 4.74 Å². The van der Waals surface area contributed by atoms with Gasteiger partial charge in [-0.1, -0.05) is 24.3 Å². The van der Waals surface area contributed by atoms with Gasteiger partial charge < -0.3 is 20.7 Å². The van der Waals surface area contributed by atoms with E-state index in [4.69, 9.17) is 10.5 Å². The molecule has 2 aromatic rings. The fraction of sp³-hybridized carbons (Fsp3) is 0.235. The molecule has 22 heavy (non-hydrogen) atoms. The molecule has 1 aliphatic heterocycles. The van der Waals surface area contributed by atoms with Crippen molar-refractivity contribution in [3.63, 3.8) is 0 Å². The number of morpholine rings is 1. The highest BCUT2D eigenvalue weighted by Crippen LogP contribution is 2.28. The fourth-order valence-electron chi connectivity index (χ4n) is 2.49. The normalized spacial score (nSPS) is 14.6. The Morgan fingerprint density at radius 2 is 1.77 bits per heavy atom. The smallest absolute Gasteiger partial charge is 0.256 e. The number of hydrogen-bond donors (Lipinski definition) is 2. The van der Waals surface area contributed by atoms with Crippen molar-refractivity contribution in [2.45, 2.75) is 0 Å². The first-order valence-corrected chi connectivity index (χ1v) is 7.33. The highest BCUT2D eigenvalue weighted by atomic mass is 16.5. The first kappa shape index (κ1) is 14.4. The van der Waals surface area contributed by atoms with E-state index in [1.165, 1.54) is 0 Å². The van der Waals surface area contributed by atoms with E-state index < -0.39 is 0 Å². The van der Waals surface area contributed by atoms with Crippen LogP contribution in [0.2, 0.25) is 0 Å². The molecule has 0 unspecified atom stereocenters. The molecule has 1 saturated heterocycles. The minimum atomic E-state index is -0.0194. The average Bonchev–Trinajstić information content (AvgIpc) is 2.58. The van der Waals surface area contributed by atoms with Crippen LogP contribution in [0.25, 0.3) is 0 Å². The number of carbonyl (C=O) groups is 1. The van der Waals surface area contributed by atoms with Crippen molar-refractivity contribution >= 4 is 23.0 Å². The molecule has 5 nitrogen and oxygen atoms in total. The number of nitrogens with zero attached hydrogens (tertiary/aromatic N) is 1. The maximum Gasteiger partial charge on any atom is 0.256 e. The van der Waals surface area contributed by atoms with E-state index in [1.807, 2.05) is 30.3 Å². The van der Waals surface area contributed by atoms with E-state index in [9.17, 15) is 4.79 Å². The van der Waals surface area contributed by atoms with Crippen molar-refractivity contribution in [2.75, 3.05) is 37.4 Å². The summed E-state index contributed by atoms with van der Waals surface area (Å²) in [5, 5.41) is 3.26. The first-order valence-electron chi connectivity index (χ1n) is 7.33. The molecule has 0 bridgehead atoms. The Balaban J connectivity index is 1.90. The van der Waals surface area contributed by atoms with Crippen LogP contribution in [0.3, 0.4) is 0 Å². The van der Waals surface area contributed by atoms with Crippen LogP contribution in [0.4, 0.5) is 17.1 Å². The number of benzene rings is 2. The summed E-state index contributed by atoms with van der Waals surface area (Å²) in [5.41, 5.74) is 8.78. The largest absolute Gasteiger partial charge is 0.397 e. The van der Waals surface area contributed by atoms with Gasteiger partial charge in [-0.15, -0.1) is 0 Å². The predicted molar refractivity (Wildman–Crippen MR) is 87.3 cm³/mol. The number of carbonyl (C=O) groups excluding carboxylic acids is 1. The van der Waals surface area contributed by atoms with Crippen molar-refractivity contribution in [2.24, 2.45) is 0 Å². The lowest BCUT2D eigenvalue weighted by atomic mass is 10.1. The Morgan fingerprint density at radius 3 is 2.50 bits per heavy atom. The van der Waals surface area contributed by atoms with Gasteiger partial charge in [0.15, 0.2) is 0 Å². The fourth-order valence-corrected chi connectivity index (χ4v) is 2.49. The van der Waals surface area contributed by atoms with E-state index in [0.29, 0.717) is 43.2 Å². The molecule has 114 valence electrons. The van der Waals surface area contributed by atoms with Crippen molar-refractivity contribution in [3.8, 4) is 0 Å². The monoisotopic (exact) mass is 297 g/mol. The maximum absolute atomic E-state index is 12.7. The number of ether oxygens (including phenoxy) is 1. The van der Waals surface area contributed by atoms with Gasteiger partial charge in [-0.3, -0.25) is 4.79 Å². The van der Waals surface area contributed by atoms with E-state index in [2.05, 4.69) is 5.32 Å². The van der Waals surface area contributed by atoms with Gasteiger partial charge in [-0.25, -0.2) is 0 Å². The summed E-state index contributed by atoms with van der Waals surface area (Å²) in [4.78, 5) is 14.5. The van der Waals surface area contributed by atoms with Gasteiger partial charge >= 0.3 is 0 Å². The van der Waals surface area contributed by atoms with Crippen LogP contribution in [0.15, 0.2) is 48.5 Å². The number of nitrogen functional groups attached to an aromatic ring is 1. The standard InChI is InChI=1S/C17H19N3O2/c18-15-8-4-7-14(17(21)20-9-11-22-12-10-20)16(15)19-13-5-2-1-3-6-13/h1-8,19H,9-12,18H2. The second-order valence-electron chi connectivity index (χ2n) is 5.17. The maximum atomic E-state index is 12.7. The number of rotatable bonds is 3. The number of nitrogens with two attached hydrogens (primary N) is 1. The zero-order valence-electron chi connectivity index (χ0n) is 12.3. The van der Waals surface area contributed by atoms with Gasteiger partial charge in [-0.05, 0) is 24.3 Å².